The molecule has 1 N–H and O–H groups in total. The molecule has 2 rings (SSSR count). The van der Waals surface area contributed by atoms with Gasteiger partial charge in [0.05, 0.1) is 22.5 Å². The third kappa shape index (κ3) is 3.10. The van der Waals surface area contributed by atoms with Gasteiger partial charge in [0, 0.05) is 13.1 Å². The van der Waals surface area contributed by atoms with E-state index in [4.69, 9.17) is 4.74 Å². The Morgan fingerprint density at radius 1 is 1.25 bits per heavy atom. The normalized spacial score (nSPS) is 20.8. The molecule has 0 spiro atoms. The Hall–Kier alpha value is -1.62. The molecule has 1 heterocycles. The fraction of sp³-hybridized carbons (Fsp3) is 0.533. The number of hydrogen-bond acceptors (Lipinski definition) is 3. The molecule has 0 radical (unpaired) electrons. The van der Waals surface area contributed by atoms with E-state index in [-0.39, 0.29) is 5.56 Å². The first-order valence-electron chi connectivity index (χ1n) is 6.58. The van der Waals surface area contributed by atoms with E-state index in [2.05, 4.69) is 0 Å². The second kappa shape index (κ2) is 4.74. The highest BCUT2D eigenvalue weighted by Gasteiger charge is 2.39. The summed E-state index contributed by atoms with van der Waals surface area (Å²) in [6.45, 7) is 8.97. The molecule has 1 aliphatic rings. The summed E-state index contributed by atoms with van der Waals surface area (Å²) in [5.41, 5.74) is -0.278. The smallest absolute Gasteiger partial charge is 0.337 e. The van der Waals surface area contributed by atoms with Crippen molar-refractivity contribution in [1.82, 2.24) is 0 Å². The van der Waals surface area contributed by atoms with Crippen molar-refractivity contribution in [3.8, 4) is 0 Å². The van der Waals surface area contributed by atoms with Crippen molar-refractivity contribution < 1.29 is 19.0 Å². The van der Waals surface area contributed by atoms with E-state index in [1.54, 1.807) is 0 Å². The lowest BCUT2D eigenvalue weighted by molar-refractivity contribution is -0.133. The summed E-state index contributed by atoms with van der Waals surface area (Å²) in [4.78, 5) is 13.3. The van der Waals surface area contributed by atoms with Gasteiger partial charge in [-0.2, -0.15) is 0 Å². The van der Waals surface area contributed by atoms with Crippen LogP contribution in [0.2, 0.25) is 0 Å². The van der Waals surface area contributed by atoms with Gasteiger partial charge in [-0.25, -0.2) is 9.18 Å². The summed E-state index contributed by atoms with van der Waals surface area (Å²) in [6.07, 6.45) is 0. The molecule has 0 atom stereocenters. The molecule has 110 valence electrons. The van der Waals surface area contributed by atoms with Gasteiger partial charge >= 0.3 is 5.97 Å². The summed E-state index contributed by atoms with van der Waals surface area (Å²) >= 11 is 0. The molecular weight excluding hydrogens is 261 g/mol. The Bertz CT molecular complexity index is 524. The highest BCUT2D eigenvalue weighted by Crippen LogP contribution is 2.33. The first kappa shape index (κ1) is 14.8. The van der Waals surface area contributed by atoms with E-state index >= 15 is 0 Å². The van der Waals surface area contributed by atoms with Crippen molar-refractivity contribution >= 4 is 11.7 Å². The number of halogens is 1. The maximum atomic E-state index is 13.3. The largest absolute Gasteiger partial charge is 0.478 e. The quantitative estimate of drug-likeness (QED) is 0.905. The van der Waals surface area contributed by atoms with E-state index < -0.39 is 23.0 Å². The topological polar surface area (TPSA) is 49.8 Å². The predicted molar refractivity (Wildman–Crippen MR) is 74.8 cm³/mol. The van der Waals surface area contributed by atoms with Crippen LogP contribution in [0.4, 0.5) is 10.1 Å². The second-order valence-electron chi connectivity index (χ2n) is 6.44. The molecule has 20 heavy (non-hydrogen) atoms. The van der Waals surface area contributed by atoms with Crippen molar-refractivity contribution in [3.05, 3.63) is 29.6 Å². The Kier molecular flexibility index (Phi) is 3.50. The predicted octanol–water partition coefficient (Wildman–Crippen LogP) is 2.92. The van der Waals surface area contributed by atoms with Crippen LogP contribution in [0, 0.1) is 5.82 Å². The van der Waals surface area contributed by atoms with E-state index in [0.29, 0.717) is 18.8 Å². The van der Waals surface area contributed by atoms with Crippen molar-refractivity contribution in [1.29, 1.82) is 0 Å². The van der Waals surface area contributed by atoms with Crippen LogP contribution in [0.5, 0.6) is 0 Å². The van der Waals surface area contributed by atoms with Crippen molar-refractivity contribution in [2.75, 3.05) is 18.0 Å². The van der Waals surface area contributed by atoms with Gasteiger partial charge in [0.2, 0.25) is 0 Å². The number of ether oxygens (including phenoxy) is 1. The monoisotopic (exact) mass is 281 g/mol. The van der Waals surface area contributed by atoms with Crippen LogP contribution in [0.3, 0.4) is 0 Å². The number of anilines is 1. The fourth-order valence-corrected chi connectivity index (χ4v) is 2.91. The average molecular weight is 281 g/mol. The molecule has 4 nitrogen and oxygen atoms in total. The molecule has 0 aromatic heterocycles. The third-order valence-corrected chi connectivity index (χ3v) is 3.23. The van der Waals surface area contributed by atoms with E-state index in [0.717, 1.165) is 6.07 Å². The van der Waals surface area contributed by atoms with Gasteiger partial charge in [-0.15, -0.1) is 0 Å². The van der Waals surface area contributed by atoms with E-state index in [1.807, 2.05) is 32.6 Å². The molecule has 1 fully saturated rings. The number of nitrogens with zero attached hydrogens (tertiary/aromatic N) is 1. The lowest BCUT2D eigenvalue weighted by Gasteiger charge is -2.48. The fourth-order valence-electron chi connectivity index (χ4n) is 2.91. The van der Waals surface area contributed by atoms with Crippen molar-refractivity contribution in [2.45, 2.75) is 38.9 Å². The minimum absolute atomic E-state index is 0.0153. The third-order valence-electron chi connectivity index (χ3n) is 3.23. The number of carbonyl (C=O) groups is 1. The molecule has 1 aliphatic heterocycles. The Morgan fingerprint density at radius 3 is 2.30 bits per heavy atom. The number of carboxylic acids is 1. The van der Waals surface area contributed by atoms with Crippen LogP contribution < -0.4 is 4.90 Å². The van der Waals surface area contributed by atoms with Crippen LogP contribution >= 0.6 is 0 Å². The molecule has 1 aromatic rings. The van der Waals surface area contributed by atoms with E-state index in [9.17, 15) is 14.3 Å². The summed E-state index contributed by atoms with van der Waals surface area (Å²) in [7, 11) is 0. The molecular formula is C15H20FNO3. The Balaban J connectivity index is 2.43. The highest BCUT2D eigenvalue weighted by molar-refractivity contribution is 5.94. The van der Waals surface area contributed by atoms with Gasteiger partial charge in [0.25, 0.3) is 0 Å². The van der Waals surface area contributed by atoms with Gasteiger partial charge in [0.1, 0.15) is 5.82 Å². The molecule has 5 heteroatoms. The molecule has 0 aliphatic carbocycles. The van der Waals surface area contributed by atoms with Crippen LogP contribution in [0.1, 0.15) is 38.1 Å². The van der Waals surface area contributed by atoms with Crippen LogP contribution in [0.25, 0.3) is 0 Å². The van der Waals surface area contributed by atoms with Crippen LogP contribution in [0.15, 0.2) is 18.2 Å². The second-order valence-corrected chi connectivity index (χ2v) is 6.44. The molecule has 0 saturated carbocycles. The maximum Gasteiger partial charge on any atom is 0.337 e. The number of carboxylic acid groups (broad SMARTS) is 1. The van der Waals surface area contributed by atoms with Crippen molar-refractivity contribution in [3.63, 3.8) is 0 Å². The summed E-state index contributed by atoms with van der Waals surface area (Å²) in [5.74, 6) is -1.67. The minimum atomic E-state index is -1.12. The lowest BCUT2D eigenvalue weighted by atomic mass is 9.97. The number of benzene rings is 1. The Labute approximate surface area is 118 Å². The molecule has 1 aromatic carbocycles. The average Bonchev–Trinajstić information content (AvgIpc) is 2.24. The summed E-state index contributed by atoms with van der Waals surface area (Å²) < 4.78 is 19.2. The van der Waals surface area contributed by atoms with Gasteiger partial charge in [0.15, 0.2) is 0 Å². The number of aromatic carboxylic acids is 1. The highest BCUT2D eigenvalue weighted by atomic mass is 19.1. The van der Waals surface area contributed by atoms with Crippen LogP contribution in [-0.4, -0.2) is 35.4 Å². The summed E-state index contributed by atoms with van der Waals surface area (Å²) in [5, 5.41) is 9.26. The maximum absolute atomic E-state index is 13.3. The first-order chi connectivity index (χ1) is 9.10. The minimum Gasteiger partial charge on any atom is -0.478 e. The van der Waals surface area contributed by atoms with Gasteiger partial charge in [-0.1, -0.05) is 0 Å². The first-order valence-corrected chi connectivity index (χ1v) is 6.58. The SMILES string of the molecule is CC1(C)CN(c2ccc(F)cc2C(=O)O)CC(C)(C)O1. The van der Waals surface area contributed by atoms with Gasteiger partial charge in [-0.05, 0) is 45.9 Å². The molecule has 0 amide bonds. The zero-order valence-electron chi connectivity index (χ0n) is 12.2. The zero-order valence-corrected chi connectivity index (χ0v) is 12.2. The number of morpholine rings is 1. The summed E-state index contributed by atoms with van der Waals surface area (Å²) in [6, 6.07) is 3.88. The molecule has 1 saturated heterocycles. The van der Waals surface area contributed by atoms with Gasteiger partial charge < -0.3 is 14.7 Å². The molecule has 0 bridgehead atoms. The van der Waals surface area contributed by atoms with E-state index in [1.165, 1.54) is 12.1 Å². The Morgan fingerprint density at radius 2 is 1.80 bits per heavy atom. The standard InChI is InChI=1S/C15H20FNO3/c1-14(2)8-17(9-15(3,4)20-14)12-6-5-10(16)7-11(12)13(18)19/h5-7H,8-9H2,1-4H3,(H,18,19). The van der Waals surface area contributed by atoms with Crippen molar-refractivity contribution in [2.24, 2.45) is 0 Å². The number of rotatable bonds is 2. The lowest BCUT2D eigenvalue weighted by Crippen LogP contribution is -2.57. The van der Waals surface area contributed by atoms with Crippen LogP contribution in [-0.2, 0) is 4.74 Å². The molecule has 0 unspecified atom stereocenters. The zero-order chi connectivity index (χ0) is 15.1. The number of hydrogen-bond donors (Lipinski definition) is 1. The van der Waals surface area contributed by atoms with Gasteiger partial charge in [-0.3, -0.25) is 0 Å².